The van der Waals surface area contributed by atoms with Gasteiger partial charge < -0.3 is 50.4 Å². The minimum Gasteiger partial charge on any atom is -0.549 e. The summed E-state index contributed by atoms with van der Waals surface area (Å²) in [5.41, 5.74) is 3.72. The molecule has 0 radical (unpaired) electrons. The molecule has 528 valence electrons. The van der Waals surface area contributed by atoms with Gasteiger partial charge in [0.2, 0.25) is 17.7 Å². The summed E-state index contributed by atoms with van der Waals surface area (Å²) < 4.78 is 74.0. The minimum absolute atomic E-state index is 0.0332. The van der Waals surface area contributed by atoms with Crippen LogP contribution >= 0.6 is 0 Å². The van der Waals surface area contributed by atoms with Crippen LogP contribution in [0, 0.1) is 40.9 Å². The van der Waals surface area contributed by atoms with E-state index in [0.717, 1.165) is 18.5 Å². The molecular formula is C70H104N3O18S3-3. The van der Waals surface area contributed by atoms with Gasteiger partial charge in [-0.1, -0.05) is 151 Å². The number of carboxylic acid groups (broad SMARTS) is 3. The van der Waals surface area contributed by atoms with Crippen LogP contribution in [-0.4, -0.2) is 102 Å². The smallest absolute Gasteiger partial charge is 0.311 e. The Bertz CT molecular complexity index is 3310. The molecule has 94 heavy (non-hydrogen) atoms. The van der Waals surface area contributed by atoms with Crippen LogP contribution in [-0.2, 0) is 72.6 Å². The van der Waals surface area contributed by atoms with E-state index in [0.29, 0.717) is 36.6 Å². The van der Waals surface area contributed by atoms with Crippen LogP contribution in [0.2, 0.25) is 0 Å². The van der Waals surface area contributed by atoms with E-state index >= 15 is 0 Å². The quantitative estimate of drug-likeness (QED) is 0.0369. The number of benzene rings is 4. The number of esters is 1. The summed E-state index contributed by atoms with van der Waals surface area (Å²) in [6, 6.07) is 27.4. The monoisotopic (exact) mass is 1370 g/mol. The Morgan fingerprint density at radius 2 is 0.723 bits per heavy atom. The van der Waals surface area contributed by atoms with Crippen molar-refractivity contribution in [2.45, 2.75) is 199 Å². The third-order valence-electron chi connectivity index (χ3n) is 16.1. The molecule has 0 heterocycles. The average Bonchev–Trinajstić information content (AvgIpc) is 0.849. The number of Topliss-reactive ketones (excluding diaryl/α,β-unsaturated/α-hetero) is 1. The largest absolute Gasteiger partial charge is 0.549 e. The number of rotatable bonds is 27. The molecule has 21 nitrogen and oxygen atoms in total. The van der Waals surface area contributed by atoms with Crippen molar-refractivity contribution in [3.63, 3.8) is 0 Å². The van der Waals surface area contributed by atoms with Gasteiger partial charge in [0.25, 0.3) is 0 Å². The van der Waals surface area contributed by atoms with Crippen molar-refractivity contribution in [2.24, 2.45) is 27.1 Å². The highest BCUT2D eigenvalue weighted by Crippen LogP contribution is 2.27. The lowest BCUT2D eigenvalue weighted by molar-refractivity contribution is -0.302. The predicted octanol–water partition coefficient (Wildman–Crippen LogP) is 9.58. The molecule has 4 aromatic carbocycles. The topological polar surface area (TPSA) is 353 Å². The second-order valence-electron chi connectivity index (χ2n) is 26.0. The van der Waals surface area contributed by atoms with Gasteiger partial charge in [-0.3, -0.25) is 24.0 Å². The lowest BCUT2D eigenvalue weighted by Gasteiger charge is -2.21. The van der Waals surface area contributed by atoms with Gasteiger partial charge in [-0.25, -0.2) is 25.3 Å². The number of nitrogens with one attached hydrogen (secondary N) is 3. The molecule has 0 spiro atoms. The van der Waals surface area contributed by atoms with Crippen LogP contribution in [0.4, 0.5) is 17.1 Å². The van der Waals surface area contributed by atoms with Crippen molar-refractivity contribution >= 4 is 94.0 Å². The highest BCUT2D eigenvalue weighted by molar-refractivity contribution is 7.92. The van der Waals surface area contributed by atoms with E-state index < -0.39 is 80.9 Å². The Kier molecular flexibility index (Phi) is 37.9. The fourth-order valence-electron chi connectivity index (χ4n) is 6.40. The van der Waals surface area contributed by atoms with Gasteiger partial charge in [0.1, 0.15) is 5.78 Å². The van der Waals surface area contributed by atoms with E-state index in [9.17, 15) is 78.9 Å². The lowest BCUT2D eigenvalue weighted by Crippen LogP contribution is -2.32. The fourth-order valence-corrected chi connectivity index (χ4v) is 9.52. The number of aryl methyl sites for hydroxylation is 2. The number of aliphatic carboxylic acids is 3. The van der Waals surface area contributed by atoms with E-state index in [1.807, 2.05) is 93.5 Å². The molecule has 3 amide bonds. The lowest BCUT2D eigenvalue weighted by atomic mass is 9.86. The SMILES string of the molecule is CCC(C)(C)C(=O)Nc1ccc(C)cc1.CCC(C)(C)C(=O)Nc1ccc(S(=O)(=O)CC(=O)[O-])cc1.CCC(C)(C)C(=O)Nc1ccc(S(=O)(=O)CC(=O)[O-])cc1.CCC(C)(C)C(=O)OCCCS(=O)(=O)CC(=O)[O-].CCC(C)(C)C(C)=O.CCC(C)c1ccc(C)cc1. The number of sulfone groups is 3. The minimum atomic E-state index is -3.91. The van der Waals surface area contributed by atoms with E-state index in [-0.39, 0.29) is 68.9 Å². The average molecular weight is 1370 g/mol. The highest BCUT2D eigenvalue weighted by atomic mass is 32.2. The van der Waals surface area contributed by atoms with Crippen molar-refractivity contribution in [2.75, 3.05) is 45.6 Å². The second-order valence-corrected chi connectivity index (χ2v) is 32.1. The molecule has 0 saturated carbocycles. The molecule has 3 N–H and O–H groups in total. The van der Waals surface area contributed by atoms with Gasteiger partial charge in [-0.05, 0) is 152 Å². The summed E-state index contributed by atoms with van der Waals surface area (Å²) in [6.07, 6.45) is 5.03. The first-order valence-electron chi connectivity index (χ1n) is 31.2. The predicted molar refractivity (Wildman–Crippen MR) is 364 cm³/mol. The first-order chi connectivity index (χ1) is 43.0. The van der Waals surface area contributed by atoms with Crippen molar-refractivity contribution in [3.05, 3.63) is 114 Å². The number of anilines is 3. The summed E-state index contributed by atoms with van der Waals surface area (Å²) in [5.74, 6) is -8.07. The van der Waals surface area contributed by atoms with Crippen molar-refractivity contribution in [1.29, 1.82) is 0 Å². The zero-order valence-electron chi connectivity index (χ0n) is 58.9. The Morgan fingerprint density at radius 3 is 0.979 bits per heavy atom. The molecule has 0 fully saturated rings. The maximum atomic E-state index is 12.0. The molecule has 24 heteroatoms. The maximum absolute atomic E-state index is 12.0. The summed E-state index contributed by atoms with van der Waals surface area (Å²) in [4.78, 5) is 88.7. The number of carbonyl (C=O) groups excluding carboxylic acids is 8. The summed E-state index contributed by atoms with van der Waals surface area (Å²) in [6.45, 7) is 38.5. The van der Waals surface area contributed by atoms with Crippen LogP contribution < -0.4 is 31.3 Å². The van der Waals surface area contributed by atoms with Crippen LogP contribution in [0.15, 0.2) is 107 Å². The highest BCUT2D eigenvalue weighted by Gasteiger charge is 2.29. The van der Waals surface area contributed by atoms with Crippen molar-refractivity contribution in [1.82, 2.24) is 0 Å². The molecule has 0 aromatic heterocycles. The molecular weight excluding hydrogens is 1270 g/mol. The number of ether oxygens (including phenoxy) is 1. The number of hydrogen-bond donors (Lipinski definition) is 3. The molecule has 0 bridgehead atoms. The van der Waals surface area contributed by atoms with Gasteiger partial charge in [0.15, 0.2) is 29.5 Å². The first kappa shape index (κ1) is 88.7. The number of ketones is 1. The Balaban J connectivity index is 0. The standard InChI is InChI=1S/2C14H19NO5S.C13H19NO.C11H20O6S.C11H16.C7H14O/c2*1-4-14(2,3)13(18)15-10-5-7-11(8-6-10)21(19,20)9-12(16)17;1-5-13(3,4)12(15)14-11-8-6-10(2)7-9-11;1-4-11(2,3)10(14)17-6-5-7-18(15,16)8-9(12)13;1-4-10(3)11-7-5-9(2)6-8-11;1-5-7(3,4)6(2)8/h2*5-8H,4,9H2,1-3H3,(H,15,18)(H,16,17);6-9H,5H2,1-4H3,(H,14,15);4-8H2,1-3H3,(H,12,13);5-8,10H,4H2,1-3H3;5H2,1-4H3/p-3. The molecule has 0 aliphatic rings. The van der Waals surface area contributed by atoms with Crippen LogP contribution in [0.1, 0.15) is 192 Å². The van der Waals surface area contributed by atoms with Crippen molar-refractivity contribution < 1.29 is 83.7 Å². The van der Waals surface area contributed by atoms with Crippen LogP contribution in [0.5, 0.6) is 0 Å². The van der Waals surface area contributed by atoms with E-state index in [1.54, 1.807) is 48.5 Å². The summed E-state index contributed by atoms with van der Waals surface area (Å²) in [7, 11) is -11.5. The number of carboxylic acids is 3. The second kappa shape index (κ2) is 40.2. The molecule has 1 unspecified atom stereocenters. The number of amides is 3. The third kappa shape index (κ3) is 34.7. The Labute approximate surface area is 560 Å². The van der Waals surface area contributed by atoms with E-state index in [2.05, 4.69) is 61.0 Å². The molecule has 4 rings (SSSR count). The Hall–Kier alpha value is -7.31. The van der Waals surface area contributed by atoms with E-state index in [4.69, 9.17) is 4.74 Å². The van der Waals surface area contributed by atoms with Crippen molar-refractivity contribution in [3.8, 4) is 0 Å². The van der Waals surface area contributed by atoms with Gasteiger partial charge >= 0.3 is 5.97 Å². The van der Waals surface area contributed by atoms with E-state index in [1.165, 1.54) is 71.6 Å². The summed E-state index contributed by atoms with van der Waals surface area (Å²) >= 11 is 0. The maximum Gasteiger partial charge on any atom is 0.311 e. The Morgan fingerprint density at radius 1 is 0.436 bits per heavy atom. The first-order valence-corrected chi connectivity index (χ1v) is 36.3. The zero-order valence-corrected chi connectivity index (χ0v) is 61.3. The zero-order chi connectivity index (χ0) is 73.4. The molecule has 0 aliphatic heterocycles. The van der Waals surface area contributed by atoms with Gasteiger partial charge in [-0.15, -0.1) is 0 Å². The summed E-state index contributed by atoms with van der Waals surface area (Å²) in [5, 5.41) is 39.2. The number of hydrogen-bond acceptors (Lipinski definition) is 18. The third-order valence-corrected chi connectivity index (χ3v) is 20.9. The molecule has 1 atom stereocenters. The molecule has 0 aliphatic carbocycles. The fraction of sp³-hybridized carbons (Fsp3) is 0.543. The van der Waals surface area contributed by atoms with Crippen LogP contribution in [0.3, 0.4) is 0 Å². The van der Waals surface area contributed by atoms with Gasteiger partial charge in [0.05, 0.1) is 62.7 Å². The normalized spacial score (nSPS) is 12.0. The van der Waals surface area contributed by atoms with Crippen LogP contribution in [0.25, 0.3) is 0 Å². The molecule has 0 saturated heterocycles. The van der Waals surface area contributed by atoms with Gasteiger partial charge in [-0.2, -0.15) is 0 Å². The number of carbonyl (C=O) groups is 8. The molecule has 4 aromatic rings. The van der Waals surface area contributed by atoms with Gasteiger partial charge in [0, 0.05) is 38.7 Å².